The van der Waals surface area contributed by atoms with E-state index in [0.717, 1.165) is 10.4 Å². The summed E-state index contributed by atoms with van der Waals surface area (Å²) >= 11 is 1.29. The summed E-state index contributed by atoms with van der Waals surface area (Å²) in [5.74, 6) is 0.660. The monoisotopic (exact) mass is 445 g/mol. The summed E-state index contributed by atoms with van der Waals surface area (Å²) in [5.41, 5.74) is 1.57. The Balaban J connectivity index is 1.88. The zero-order chi connectivity index (χ0) is 22.5. The van der Waals surface area contributed by atoms with Gasteiger partial charge in [-0.1, -0.05) is 0 Å². The van der Waals surface area contributed by atoms with E-state index in [4.69, 9.17) is 18.9 Å². The van der Waals surface area contributed by atoms with E-state index in [-0.39, 0.29) is 11.7 Å². The number of fused-ring (bicyclic) bond motifs is 1. The third-order valence-corrected chi connectivity index (χ3v) is 5.98. The van der Waals surface area contributed by atoms with E-state index in [1.54, 1.807) is 24.0 Å². The normalized spacial score (nSPS) is 12.4. The molecule has 0 saturated heterocycles. The van der Waals surface area contributed by atoms with Gasteiger partial charge in [-0.05, 0) is 31.0 Å². The Kier molecular flexibility index (Phi) is 6.87. The number of rotatable bonds is 6. The van der Waals surface area contributed by atoms with Crippen molar-refractivity contribution < 1.29 is 28.5 Å². The van der Waals surface area contributed by atoms with Gasteiger partial charge in [-0.3, -0.25) is 4.79 Å². The molecule has 164 valence electrons. The Labute approximate surface area is 184 Å². The highest BCUT2D eigenvalue weighted by Gasteiger charge is 2.28. The molecule has 0 aliphatic carbocycles. The Bertz CT molecular complexity index is 1020. The molecule has 2 heterocycles. The number of methoxy groups -OCH3 is 3. The van der Waals surface area contributed by atoms with Crippen LogP contribution in [0.3, 0.4) is 0 Å². The van der Waals surface area contributed by atoms with Crippen LogP contribution < -0.4 is 19.5 Å². The fourth-order valence-corrected chi connectivity index (χ4v) is 4.58. The fourth-order valence-electron chi connectivity index (χ4n) is 3.37. The van der Waals surface area contributed by atoms with Crippen LogP contribution in [0.15, 0.2) is 12.1 Å². The van der Waals surface area contributed by atoms with Crippen LogP contribution in [0.1, 0.15) is 33.3 Å². The van der Waals surface area contributed by atoms with Gasteiger partial charge >= 0.3 is 6.09 Å². The van der Waals surface area contributed by atoms with Gasteiger partial charge in [0.2, 0.25) is 5.75 Å². The van der Waals surface area contributed by atoms with Crippen molar-refractivity contribution in [2.45, 2.75) is 19.9 Å². The first-order valence-corrected chi connectivity index (χ1v) is 10.4. The third kappa shape index (κ3) is 4.36. The number of nitriles is 1. The van der Waals surface area contributed by atoms with Gasteiger partial charge in [-0.2, -0.15) is 5.26 Å². The predicted molar refractivity (Wildman–Crippen MR) is 114 cm³/mol. The second-order valence-electron chi connectivity index (χ2n) is 6.56. The maximum atomic E-state index is 12.9. The SMILES string of the molecule is CCOC(=O)N1CCc2c(sc(NC(=O)c3cc(OC)c(OC)c(OC)c3)c2C#N)C1. The number of ether oxygens (including phenoxy) is 4. The van der Waals surface area contributed by atoms with Crippen molar-refractivity contribution in [3.63, 3.8) is 0 Å². The Hall–Kier alpha value is -3.45. The molecule has 0 saturated carbocycles. The van der Waals surface area contributed by atoms with Crippen LogP contribution in [0, 0.1) is 11.3 Å². The highest BCUT2D eigenvalue weighted by molar-refractivity contribution is 7.16. The summed E-state index contributed by atoms with van der Waals surface area (Å²) in [7, 11) is 4.42. The van der Waals surface area contributed by atoms with E-state index in [1.807, 2.05) is 0 Å². The van der Waals surface area contributed by atoms with Crippen molar-refractivity contribution in [2.75, 3.05) is 39.8 Å². The number of anilines is 1. The maximum Gasteiger partial charge on any atom is 0.410 e. The molecule has 9 nitrogen and oxygen atoms in total. The second-order valence-corrected chi connectivity index (χ2v) is 7.66. The highest BCUT2D eigenvalue weighted by atomic mass is 32.1. The molecule has 0 bridgehead atoms. The number of thiophene rings is 1. The number of amides is 2. The van der Waals surface area contributed by atoms with Gasteiger partial charge in [0.05, 0.1) is 40.0 Å². The summed E-state index contributed by atoms with van der Waals surface area (Å²) in [6.45, 7) is 2.85. The molecule has 0 radical (unpaired) electrons. The van der Waals surface area contributed by atoms with E-state index in [9.17, 15) is 14.9 Å². The maximum absolute atomic E-state index is 12.9. The lowest BCUT2D eigenvalue weighted by Crippen LogP contribution is -2.35. The van der Waals surface area contributed by atoms with Crippen LogP contribution >= 0.6 is 11.3 Å². The molecule has 10 heteroatoms. The Morgan fingerprint density at radius 1 is 1.19 bits per heavy atom. The molecule has 2 aromatic rings. The van der Waals surface area contributed by atoms with Gasteiger partial charge < -0.3 is 29.2 Å². The number of nitrogens with zero attached hydrogens (tertiary/aromatic N) is 2. The summed E-state index contributed by atoms with van der Waals surface area (Å²) in [6, 6.07) is 5.27. The van der Waals surface area contributed by atoms with Gasteiger partial charge in [0, 0.05) is 17.0 Å². The lowest BCUT2D eigenvalue weighted by Gasteiger charge is -2.25. The fraction of sp³-hybridized carbons (Fsp3) is 0.381. The third-order valence-electron chi connectivity index (χ3n) is 4.85. The summed E-state index contributed by atoms with van der Waals surface area (Å²) < 4.78 is 21.0. The Morgan fingerprint density at radius 3 is 2.42 bits per heavy atom. The summed E-state index contributed by atoms with van der Waals surface area (Å²) in [4.78, 5) is 27.4. The van der Waals surface area contributed by atoms with Crippen molar-refractivity contribution >= 4 is 28.3 Å². The Morgan fingerprint density at radius 2 is 1.87 bits per heavy atom. The molecule has 0 spiro atoms. The second kappa shape index (κ2) is 9.57. The van der Waals surface area contributed by atoms with Crippen LogP contribution in [0.25, 0.3) is 0 Å². The number of benzene rings is 1. The molecule has 2 amide bonds. The van der Waals surface area contributed by atoms with Crippen LogP contribution in [0.5, 0.6) is 17.2 Å². The molecule has 0 unspecified atom stereocenters. The van der Waals surface area contributed by atoms with Gasteiger partial charge in [0.1, 0.15) is 11.1 Å². The van der Waals surface area contributed by atoms with E-state index in [2.05, 4.69) is 11.4 Å². The molecule has 1 N–H and O–H groups in total. The minimum atomic E-state index is -0.420. The summed E-state index contributed by atoms with van der Waals surface area (Å²) in [6.07, 6.45) is 0.135. The molecule has 1 aliphatic rings. The molecule has 1 aromatic heterocycles. The molecule has 0 fully saturated rings. The van der Waals surface area contributed by atoms with Crippen molar-refractivity contribution in [3.05, 3.63) is 33.7 Å². The molecule has 3 rings (SSSR count). The van der Waals surface area contributed by atoms with Gasteiger partial charge in [-0.25, -0.2) is 4.79 Å². The minimum Gasteiger partial charge on any atom is -0.493 e. The molecule has 31 heavy (non-hydrogen) atoms. The first-order valence-electron chi connectivity index (χ1n) is 9.54. The van der Waals surface area contributed by atoms with Gasteiger partial charge in [0.25, 0.3) is 5.91 Å². The van der Waals surface area contributed by atoms with Gasteiger partial charge in [-0.15, -0.1) is 11.3 Å². The average Bonchev–Trinajstić information content (AvgIpc) is 3.13. The van der Waals surface area contributed by atoms with Crippen molar-refractivity contribution in [2.24, 2.45) is 0 Å². The van der Waals surface area contributed by atoms with E-state index in [1.165, 1.54) is 32.7 Å². The average molecular weight is 445 g/mol. The van der Waals surface area contributed by atoms with Gasteiger partial charge in [0.15, 0.2) is 11.5 Å². The first-order chi connectivity index (χ1) is 15.0. The lowest BCUT2D eigenvalue weighted by molar-refractivity contribution is 0.102. The van der Waals surface area contributed by atoms with Crippen LogP contribution in [0.2, 0.25) is 0 Å². The number of carbonyl (C=O) groups is 2. The predicted octanol–water partition coefficient (Wildman–Crippen LogP) is 3.41. The number of nitrogens with one attached hydrogen (secondary N) is 1. The quantitative estimate of drug-likeness (QED) is 0.725. The number of hydrogen-bond donors (Lipinski definition) is 1. The molecular formula is C21H23N3O6S. The zero-order valence-electron chi connectivity index (χ0n) is 17.7. The first kappa shape index (κ1) is 22.2. The zero-order valence-corrected chi connectivity index (χ0v) is 18.6. The van der Waals surface area contributed by atoms with E-state index >= 15 is 0 Å². The van der Waals surface area contributed by atoms with E-state index in [0.29, 0.717) is 53.9 Å². The van der Waals surface area contributed by atoms with Crippen LogP contribution in [-0.2, 0) is 17.7 Å². The largest absolute Gasteiger partial charge is 0.493 e. The standard InChI is InChI=1S/C21H23N3O6S/c1-5-30-21(26)24-7-6-13-14(10-22)20(31-17(13)11-24)23-19(25)12-8-15(27-2)18(29-4)16(9-12)28-3/h8-9H,5-7,11H2,1-4H3,(H,23,25). The lowest BCUT2D eigenvalue weighted by atomic mass is 10.0. The van der Waals surface area contributed by atoms with Crippen molar-refractivity contribution in [1.29, 1.82) is 5.26 Å². The molecule has 1 aliphatic heterocycles. The molecule has 0 atom stereocenters. The van der Waals surface area contributed by atoms with Crippen LogP contribution in [-0.4, -0.2) is 51.4 Å². The minimum absolute atomic E-state index is 0.290. The van der Waals surface area contributed by atoms with Crippen molar-refractivity contribution in [3.8, 4) is 23.3 Å². The topological polar surface area (TPSA) is 110 Å². The highest BCUT2D eigenvalue weighted by Crippen LogP contribution is 2.40. The molecule has 1 aromatic carbocycles. The molecular weight excluding hydrogens is 422 g/mol. The smallest absolute Gasteiger partial charge is 0.410 e. The summed E-state index contributed by atoms with van der Waals surface area (Å²) in [5, 5.41) is 12.9. The number of carbonyl (C=O) groups excluding carboxylic acids is 2. The number of hydrogen-bond acceptors (Lipinski definition) is 8. The van der Waals surface area contributed by atoms with Crippen LogP contribution in [0.4, 0.5) is 9.80 Å². The van der Waals surface area contributed by atoms with Crippen molar-refractivity contribution in [1.82, 2.24) is 4.90 Å². The van der Waals surface area contributed by atoms with E-state index < -0.39 is 5.91 Å².